The summed E-state index contributed by atoms with van der Waals surface area (Å²) in [6.07, 6.45) is 6.46. The highest BCUT2D eigenvalue weighted by Crippen LogP contribution is 2.32. The van der Waals surface area contributed by atoms with Gasteiger partial charge in [0.05, 0.1) is 13.2 Å². The van der Waals surface area contributed by atoms with E-state index in [1.165, 1.54) is 49.8 Å². The highest BCUT2D eigenvalue weighted by atomic mass is 19.1. The molecule has 0 aromatic heterocycles. The molecule has 2 aromatic rings. The maximum absolute atomic E-state index is 13.4. The Morgan fingerprint density at radius 3 is 2.28 bits per heavy atom. The van der Waals surface area contributed by atoms with E-state index in [2.05, 4.69) is 24.3 Å². The molecule has 0 heterocycles. The van der Waals surface area contributed by atoms with E-state index in [0.717, 1.165) is 5.56 Å². The average molecular weight is 399 g/mol. The fourth-order valence-corrected chi connectivity index (χ4v) is 4.08. The van der Waals surface area contributed by atoms with Crippen molar-refractivity contribution >= 4 is 11.7 Å². The Balaban J connectivity index is 1.80. The second kappa shape index (κ2) is 10.4. The number of rotatable bonds is 7. The van der Waals surface area contributed by atoms with Crippen LogP contribution in [0.4, 0.5) is 14.9 Å². The molecule has 0 unspecified atom stereocenters. The fraction of sp³-hybridized carbons (Fsp3) is 0.458. The van der Waals surface area contributed by atoms with Gasteiger partial charge in [-0.15, -0.1) is 0 Å². The minimum atomic E-state index is -0.333. The van der Waals surface area contributed by atoms with Crippen LogP contribution in [-0.4, -0.2) is 35.7 Å². The molecule has 1 aliphatic carbocycles. The van der Waals surface area contributed by atoms with E-state index in [1.54, 1.807) is 21.9 Å². The van der Waals surface area contributed by atoms with Gasteiger partial charge in [0.25, 0.3) is 0 Å². The molecule has 0 saturated heterocycles. The number of anilines is 1. The van der Waals surface area contributed by atoms with Crippen LogP contribution in [0.2, 0.25) is 0 Å². The molecule has 2 amide bonds. The average Bonchev–Trinajstić information content (AvgIpc) is 2.77. The van der Waals surface area contributed by atoms with Crippen LogP contribution >= 0.6 is 0 Å². The lowest BCUT2D eigenvalue weighted by Crippen LogP contribution is -2.44. The highest BCUT2D eigenvalue weighted by molar-refractivity contribution is 5.92. The van der Waals surface area contributed by atoms with Crippen molar-refractivity contribution in [2.75, 3.05) is 24.6 Å². The maximum Gasteiger partial charge on any atom is 0.324 e. The van der Waals surface area contributed by atoms with E-state index in [4.69, 9.17) is 0 Å². The van der Waals surface area contributed by atoms with Crippen molar-refractivity contribution in [2.45, 2.75) is 51.5 Å². The van der Waals surface area contributed by atoms with Gasteiger partial charge in [0, 0.05) is 18.8 Å². The number of benzene rings is 2. The van der Waals surface area contributed by atoms with Gasteiger partial charge in [-0.3, -0.25) is 4.90 Å². The molecule has 0 bridgehead atoms. The summed E-state index contributed by atoms with van der Waals surface area (Å²) < 4.78 is 13.4. The van der Waals surface area contributed by atoms with Crippen molar-refractivity contribution in [2.24, 2.45) is 0 Å². The molecule has 0 radical (unpaired) electrons. The van der Waals surface area contributed by atoms with E-state index in [1.807, 2.05) is 6.92 Å². The second-order valence-corrected chi connectivity index (χ2v) is 7.72. The van der Waals surface area contributed by atoms with Crippen LogP contribution in [0.25, 0.3) is 0 Å². The second-order valence-electron chi connectivity index (χ2n) is 7.72. The zero-order chi connectivity index (χ0) is 20.6. The van der Waals surface area contributed by atoms with Crippen molar-refractivity contribution in [1.29, 1.82) is 0 Å². The summed E-state index contributed by atoms with van der Waals surface area (Å²) >= 11 is 0. The van der Waals surface area contributed by atoms with Crippen LogP contribution in [0.1, 0.15) is 56.1 Å². The van der Waals surface area contributed by atoms with E-state index in [-0.39, 0.29) is 25.0 Å². The lowest BCUT2D eigenvalue weighted by Gasteiger charge is -2.30. The van der Waals surface area contributed by atoms with E-state index in [9.17, 15) is 14.3 Å². The largest absolute Gasteiger partial charge is 0.395 e. The number of aliphatic hydroxyl groups is 1. The van der Waals surface area contributed by atoms with Gasteiger partial charge in [-0.1, -0.05) is 43.5 Å². The molecule has 29 heavy (non-hydrogen) atoms. The third kappa shape index (κ3) is 5.57. The molecule has 0 spiro atoms. The topological polar surface area (TPSA) is 43.8 Å². The zero-order valence-corrected chi connectivity index (χ0v) is 17.2. The minimum Gasteiger partial charge on any atom is -0.395 e. The van der Waals surface area contributed by atoms with Gasteiger partial charge in [-0.05, 0) is 61.1 Å². The first kappa shape index (κ1) is 21.3. The smallest absolute Gasteiger partial charge is 0.324 e. The van der Waals surface area contributed by atoms with Gasteiger partial charge in [-0.2, -0.15) is 0 Å². The summed E-state index contributed by atoms with van der Waals surface area (Å²) in [4.78, 5) is 16.4. The summed E-state index contributed by atoms with van der Waals surface area (Å²) in [5.74, 6) is 0.313. The molecule has 2 aromatic carbocycles. The van der Waals surface area contributed by atoms with Crippen LogP contribution in [0.15, 0.2) is 48.5 Å². The quantitative estimate of drug-likeness (QED) is 0.686. The number of nitrogens with zero attached hydrogens (tertiary/aromatic N) is 2. The lowest BCUT2D eigenvalue weighted by molar-refractivity contribution is 0.186. The van der Waals surface area contributed by atoms with E-state index < -0.39 is 0 Å². The van der Waals surface area contributed by atoms with Gasteiger partial charge in [0.2, 0.25) is 0 Å². The predicted octanol–water partition coefficient (Wildman–Crippen LogP) is 5.31. The maximum atomic E-state index is 13.4. The fourth-order valence-electron chi connectivity index (χ4n) is 4.08. The van der Waals surface area contributed by atoms with Crippen molar-refractivity contribution in [3.63, 3.8) is 0 Å². The van der Waals surface area contributed by atoms with Gasteiger partial charge < -0.3 is 10.0 Å². The zero-order valence-electron chi connectivity index (χ0n) is 17.2. The first-order valence-electron chi connectivity index (χ1n) is 10.6. The SMILES string of the molecule is CCN(CCO)C(=O)N(Cc1ccc(C2CCCCC2)cc1)c1ccc(F)cc1. The minimum absolute atomic E-state index is 0.0904. The van der Waals surface area contributed by atoms with E-state index in [0.29, 0.717) is 24.7 Å². The van der Waals surface area contributed by atoms with Crippen LogP contribution in [0.5, 0.6) is 0 Å². The molecule has 0 atom stereocenters. The third-order valence-electron chi connectivity index (χ3n) is 5.79. The highest BCUT2D eigenvalue weighted by Gasteiger charge is 2.22. The predicted molar refractivity (Wildman–Crippen MR) is 115 cm³/mol. The molecule has 4 nitrogen and oxygen atoms in total. The number of aliphatic hydroxyl groups excluding tert-OH is 1. The molecule has 1 saturated carbocycles. The van der Waals surface area contributed by atoms with E-state index >= 15 is 0 Å². The number of halogens is 1. The number of amides is 2. The Kier molecular flexibility index (Phi) is 7.64. The number of urea groups is 1. The summed E-state index contributed by atoms with van der Waals surface area (Å²) in [6.45, 7) is 2.96. The van der Waals surface area contributed by atoms with Crippen molar-refractivity contribution in [1.82, 2.24) is 4.90 Å². The van der Waals surface area contributed by atoms with Crippen LogP contribution < -0.4 is 4.90 Å². The number of hydrogen-bond acceptors (Lipinski definition) is 2. The summed E-state index contributed by atoms with van der Waals surface area (Å²) in [6, 6.07) is 14.3. The molecule has 156 valence electrons. The molecule has 1 N–H and O–H groups in total. The normalized spacial score (nSPS) is 14.6. The Labute approximate surface area is 173 Å². The molecular formula is C24H31FN2O2. The number of likely N-dealkylation sites (N-methyl/N-ethyl adjacent to an activating group) is 1. The molecule has 1 aliphatic rings. The number of carbonyl (C=O) groups excluding carboxylic acids is 1. The standard InChI is InChI=1S/C24H31FN2O2/c1-2-26(16-17-28)24(29)27(23-14-12-22(25)13-15-23)18-19-8-10-21(11-9-19)20-6-4-3-5-7-20/h8-15,20,28H,2-7,16-18H2,1H3. The Morgan fingerprint density at radius 2 is 1.69 bits per heavy atom. The number of hydrogen-bond donors (Lipinski definition) is 1. The molecule has 1 fully saturated rings. The Morgan fingerprint density at radius 1 is 1.03 bits per heavy atom. The van der Waals surface area contributed by atoms with Gasteiger partial charge >= 0.3 is 6.03 Å². The lowest BCUT2D eigenvalue weighted by atomic mass is 9.84. The molecular weight excluding hydrogens is 367 g/mol. The molecule has 5 heteroatoms. The number of carbonyl (C=O) groups is 1. The van der Waals surface area contributed by atoms with Gasteiger partial charge in [-0.25, -0.2) is 9.18 Å². The van der Waals surface area contributed by atoms with Gasteiger partial charge in [0.15, 0.2) is 0 Å². The third-order valence-corrected chi connectivity index (χ3v) is 5.79. The monoisotopic (exact) mass is 398 g/mol. The first-order valence-corrected chi connectivity index (χ1v) is 10.6. The van der Waals surface area contributed by atoms with Crippen LogP contribution in [0.3, 0.4) is 0 Å². The van der Waals surface area contributed by atoms with Crippen LogP contribution in [-0.2, 0) is 6.54 Å². The molecule has 3 rings (SSSR count). The summed E-state index contributed by atoms with van der Waals surface area (Å²) in [5.41, 5.74) is 3.05. The summed E-state index contributed by atoms with van der Waals surface area (Å²) in [5, 5.41) is 9.29. The van der Waals surface area contributed by atoms with Gasteiger partial charge in [0.1, 0.15) is 5.82 Å². The summed E-state index contributed by atoms with van der Waals surface area (Å²) in [7, 11) is 0. The Bertz CT molecular complexity index is 770. The Hall–Kier alpha value is -2.40. The molecule has 0 aliphatic heterocycles. The van der Waals surface area contributed by atoms with Crippen molar-refractivity contribution in [3.8, 4) is 0 Å². The van der Waals surface area contributed by atoms with Crippen molar-refractivity contribution < 1.29 is 14.3 Å². The van der Waals surface area contributed by atoms with Crippen molar-refractivity contribution in [3.05, 3.63) is 65.5 Å². The first-order chi connectivity index (χ1) is 14.1. The van der Waals surface area contributed by atoms with Crippen LogP contribution in [0, 0.1) is 5.82 Å².